The van der Waals surface area contributed by atoms with Crippen LogP contribution >= 0.6 is 0 Å². The van der Waals surface area contributed by atoms with Crippen LogP contribution in [0.2, 0.25) is 0 Å². The van der Waals surface area contributed by atoms with Crippen LogP contribution < -0.4 is 5.32 Å². The Hall–Kier alpha value is -1.71. The van der Waals surface area contributed by atoms with Crippen molar-refractivity contribution in [3.8, 4) is 11.5 Å². The summed E-state index contributed by atoms with van der Waals surface area (Å²) >= 11 is 0. The number of aromatic hydroxyl groups is 2. The van der Waals surface area contributed by atoms with Gasteiger partial charge in [0.2, 0.25) is 5.91 Å². The molecule has 0 saturated heterocycles. The third kappa shape index (κ3) is 4.28. The maximum atomic E-state index is 11.7. The van der Waals surface area contributed by atoms with Gasteiger partial charge in [-0.05, 0) is 23.5 Å². The number of hydrogen-bond donors (Lipinski definition) is 3. The summed E-state index contributed by atoms with van der Waals surface area (Å²) in [4.78, 5) is 11.7. The molecule has 0 heterocycles. The van der Waals surface area contributed by atoms with Crippen LogP contribution in [0.3, 0.4) is 0 Å². The molecule has 0 aliphatic rings. The minimum atomic E-state index is -0.0854. The summed E-state index contributed by atoms with van der Waals surface area (Å²) in [5, 5.41) is 21.8. The second-order valence-corrected chi connectivity index (χ2v) is 5.05. The van der Waals surface area contributed by atoms with Crippen LogP contribution in [0, 0.1) is 5.92 Å². The summed E-state index contributed by atoms with van der Waals surface area (Å²) in [5.41, 5.74) is 0.674. The normalized spacial score (nSPS) is 12.4. The molecule has 0 fully saturated rings. The van der Waals surface area contributed by atoms with Crippen LogP contribution in [0.1, 0.15) is 38.7 Å². The van der Waals surface area contributed by atoms with E-state index >= 15 is 0 Å². The van der Waals surface area contributed by atoms with Crippen molar-refractivity contribution in [2.45, 2.75) is 33.1 Å². The van der Waals surface area contributed by atoms with Gasteiger partial charge in [0.1, 0.15) is 11.5 Å². The van der Waals surface area contributed by atoms with E-state index in [1.807, 2.05) is 20.8 Å². The van der Waals surface area contributed by atoms with E-state index in [9.17, 15) is 15.0 Å². The molecule has 0 aromatic heterocycles. The van der Waals surface area contributed by atoms with E-state index in [1.165, 1.54) is 12.1 Å². The third-order valence-electron chi connectivity index (χ3n) is 2.74. The quantitative estimate of drug-likeness (QED) is 0.752. The highest BCUT2D eigenvalue weighted by atomic mass is 16.3. The van der Waals surface area contributed by atoms with Gasteiger partial charge in [0.25, 0.3) is 0 Å². The summed E-state index contributed by atoms with van der Waals surface area (Å²) in [7, 11) is 0. The highest BCUT2D eigenvalue weighted by molar-refractivity contribution is 5.77. The average Bonchev–Trinajstić information content (AvgIpc) is 2.26. The number of amides is 1. The summed E-state index contributed by atoms with van der Waals surface area (Å²) in [5.74, 6) is 0.361. The molecule has 4 nitrogen and oxygen atoms in total. The zero-order valence-corrected chi connectivity index (χ0v) is 11.1. The molecule has 1 unspecified atom stereocenters. The topological polar surface area (TPSA) is 69.6 Å². The molecule has 0 bridgehead atoms. The standard InChI is InChI=1S/C14H21NO3/c1-9(2)8-15-14(18)6-10(3)12-5-4-11(16)7-13(12)17/h4-5,7,9-10,16-17H,6,8H2,1-3H3,(H,15,18). The zero-order valence-electron chi connectivity index (χ0n) is 11.1. The van der Waals surface area contributed by atoms with Gasteiger partial charge in [-0.25, -0.2) is 0 Å². The number of nitrogens with one attached hydrogen (secondary N) is 1. The van der Waals surface area contributed by atoms with Crippen molar-refractivity contribution in [1.82, 2.24) is 5.32 Å². The van der Waals surface area contributed by atoms with Crippen molar-refractivity contribution < 1.29 is 15.0 Å². The van der Waals surface area contributed by atoms with Crippen LogP contribution in [0.4, 0.5) is 0 Å². The van der Waals surface area contributed by atoms with Gasteiger partial charge < -0.3 is 15.5 Å². The van der Waals surface area contributed by atoms with Crippen molar-refractivity contribution >= 4 is 5.91 Å². The van der Waals surface area contributed by atoms with Crippen molar-refractivity contribution in [3.63, 3.8) is 0 Å². The molecule has 1 atom stereocenters. The lowest BCUT2D eigenvalue weighted by molar-refractivity contribution is -0.121. The maximum Gasteiger partial charge on any atom is 0.220 e. The molecule has 100 valence electrons. The predicted octanol–water partition coefficient (Wildman–Crippen LogP) is 2.36. The Morgan fingerprint density at radius 2 is 1.94 bits per heavy atom. The first-order valence-corrected chi connectivity index (χ1v) is 6.18. The molecular weight excluding hydrogens is 230 g/mol. The number of phenols is 2. The summed E-state index contributed by atoms with van der Waals surface area (Å²) < 4.78 is 0. The van der Waals surface area contributed by atoms with Crippen LogP contribution in [0.15, 0.2) is 18.2 Å². The number of carbonyl (C=O) groups excluding carboxylic acids is 1. The number of carbonyl (C=O) groups is 1. The van der Waals surface area contributed by atoms with Gasteiger partial charge in [-0.3, -0.25) is 4.79 Å². The highest BCUT2D eigenvalue weighted by Crippen LogP contribution is 2.30. The third-order valence-corrected chi connectivity index (χ3v) is 2.74. The van der Waals surface area contributed by atoms with E-state index in [0.29, 0.717) is 24.4 Å². The minimum absolute atomic E-state index is 0.0210. The molecular formula is C14H21NO3. The van der Waals surface area contributed by atoms with Gasteiger partial charge in [0.05, 0.1) is 0 Å². The summed E-state index contributed by atoms with van der Waals surface area (Å²) in [6.07, 6.45) is 0.324. The largest absolute Gasteiger partial charge is 0.508 e. The Balaban J connectivity index is 2.59. The molecule has 0 spiro atoms. The van der Waals surface area contributed by atoms with Crippen LogP contribution in [-0.4, -0.2) is 22.7 Å². The van der Waals surface area contributed by atoms with Gasteiger partial charge in [0.15, 0.2) is 0 Å². The molecule has 3 N–H and O–H groups in total. The van der Waals surface area contributed by atoms with E-state index in [-0.39, 0.29) is 23.3 Å². The van der Waals surface area contributed by atoms with Crippen LogP contribution in [0.25, 0.3) is 0 Å². The SMILES string of the molecule is CC(C)CNC(=O)CC(C)c1ccc(O)cc1O. The molecule has 0 saturated carbocycles. The predicted molar refractivity (Wildman–Crippen MR) is 70.7 cm³/mol. The fourth-order valence-corrected chi connectivity index (χ4v) is 1.73. The van der Waals surface area contributed by atoms with Gasteiger partial charge in [-0.1, -0.05) is 26.8 Å². The van der Waals surface area contributed by atoms with Crippen molar-refractivity contribution in [1.29, 1.82) is 0 Å². The Labute approximate surface area is 108 Å². The monoisotopic (exact) mass is 251 g/mol. The molecule has 1 amide bonds. The molecule has 4 heteroatoms. The molecule has 1 aromatic rings. The first kappa shape index (κ1) is 14.4. The highest BCUT2D eigenvalue weighted by Gasteiger charge is 2.15. The van der Waals surface area contributed by atoms with Crippen LogP contribution in [0.5, 0.6) is 11.5 Å². The van der Waals surface area contributed by atoms with E-state index in [2.05, 4.69) is 5.32 Å². The van der Waals surface area contributed by atoms with Gasteiger partial charge in [-0.2, -0.15) is 0 Å². The molecule has 0 radical (unpaired) electrons. The number of phenolic OH excluding ortho intramolecular Hbond substituents is 2. The Morgan fingerprint density at radius 1 is 1.28 bits per heavy atom. The fourth-order valence-electron chi connectivity index (χ4n) is 1.73. The Morgan fingerprint density at radius 3 is 2.50 bits per heavy atom. The Bertz CT molecular complexity index is 416. The van der Waals surface area contributed by atoms with Gasteiger partial charge in [0, 0.05) is 19.0 Å². The smallest absolute Gasteiger partial charge is 0.220 e. The molecule has 1 aromatic carbocycles. The lowest BCUT2D eigenvalue weighted by Gasteiger charge is -2.14. The first-order valence-electron chi connectivity index (χ1n) is 6.18. The average molecular weight is 251 g/mol. The molecule has 0 aliphatic carbocycles. The maximum absolute atomic E-state index is 11.7. The number of rotatable bonds is 5. The van der Waals surface area contributed by atoms with Crippen molar-refractivity contribution in [2.24, 2.45) is 5.92 Å². The van der Waals surface area contributed by atoms with E-state index in [0.717, 1.165) is 0 Å². The van der Waals surface area contributed by atoms with Crippen molar-refractivity contribution in [2.75, 3.05) is 6.54 Å². The summed E-state index contributed by atoms with van der Waals surface area (Å²) in [6, 6.07) is 4.44. The van der Waals surface area contributed by atoms with Gasteiger partial charge >= 0.3 is 0 Å². The second-order valence-electron chi connectivity index (χ2n) is 5.05. The number of hydrogen-bond acceptors (Lipinski definition) is 3. The van der Waals surface area contributed by atoms with E-state index in [1.54, 1.807) is 6.07 Å². The minimum Gasteiger partial charge on any atom is -0.508 e. The lowest BCUT2D eigenvalue weighted by atomic mass is 9.96. The van der Waals surface area contributed by atoms with Crippen LogP contribution in [-0.2, 0) is 4.79 Å². The van der Waals surface area contributed by atoms with E-state index in [4.69, 9.17) is 0 Å². The molecule has 0 aliphatic heterocycles. The molecule has 18 heavy (non-hydrogen) atoms. The second kappa shape index (κ2) is 6.28. The van der Waals surface area contributed by atoms with Gasteiger partial charge in [-0.15, -0.1) is 0 Å². The summed E-state index contributed by atoms with van der Waals surface area (Å²) in [6.45, 7) is 6.61. The lowest BCUT2D eigenvalue weighted by Crippen LogP contribution is -2.28. The number of benzene rings is 1. The first-order chi connectivity index (χ1) is 8.40. The molecule has 1 rings (SSSR count). The fraction of sp³-hybridized carbons (Fsp3) is 0.500. The zero-order chi connectivity index (χ0) is 13.7. The Kier molecular flexibility index (Phi) is 5.01. The van der Waals surface area contributed by atoms with E-state index < -0.39 is 0 Å². The van der Waals surface area contributed by atoms with Crippen molar-refractivity contribution in [3.05, 3.63) is 23.8 Å².